The number of carbonyl (C=O) groups excluding carboxylic acids is 1. The number of rotatable bonds is 6. The van der Waals surface area contributed by atoms with Gasteiger partial charge in [-0.05, 0) is 12.5 Å². The normalized spacial score (nSPS) is 11.9. The van der Waals surface area contributed by atoms with Crippen molar-refractivity contribution in [3.63, 3.8) is 0 Å². The summed E-state index contributed by atoms with van der Waals surface area (Å²) in [6.07, 6.45) is -0.711. The zero-order valence-electron chi connectivity index (χ0n) is 11.3. The monoisotopic (exact) mass is 276 g/mol. The quantitative estimate of drug-likeness (QED) is 0.835. The summed E-state index contributed by atoms with van der Waals surface area (Å²) in [5, 5.41) is 8.98. The van der Waals surface area contributed by atoms with Gasteiger partial charge in [-0.25, -0.2) is 5.10 Å². The third-order valence-corrected chi connectivity index (χ3v) is 2.56. The average Bonchev–Trinajstić information content (AvgIpc) is 2.88. The summed E-state index contributed by atoms with van der Waals surface area (Å²) in [6, 6.07) is 9.39. The van der Waals surface area contributed by atoms with Crippen molar-refractivity contribution in [3.05, 3.63) is 35.9 Å². The van der Waals surface area contributed by atoms with Crippen LogP contribution in [-0.4, -0.2) is 34.8 Å². The Morgan fingerprint density at radius 2 is 2.15 bits per heavy atom. The molecule has 0 saturated carbocycles. The van der Waals surface area contributed by atoms with Gasteiger partial charge in [-0.15, -0.1) is 5.10 Å². The highest BCUT2D eigenvalue weighted by Gasteiger charge is 2.21. The van der Waals surface area contributed by atoms with Gasteiger partial charge in [0.05, 0.1) is 6.61 Å². The highest BCUT2D eigenvalue weighted by Crippen LogP contribution is 2.18. The van der Waals surface area contributed by atoms with Crippen LogP contribution in [0.2, 0.25) is 0 Å². The number of hydrogen-bond donors (Lipinski definition) is 2. The molecule has 2 aromatic rings. The second-order valence-electron chi connectivity index (χ2n) is 3.92. The van der Waals surface area contributed by atoms with Crippen molar-refractivity contribution in [3.8, 4) is 6.01 Å². The molecule has 0 aliphatic carbocycles. The first kappa shape index (κ1) is 14.0. The van der Waals surface area contributed by atoms with E-state index in [0.717, 1.165) is 5.56 Å². The first-order chi connectivity index (χ1) is 9.74. The van der Waals surface area contributed by atoms with E-state index in [1.807, 2.05) is 37.3 Å². The van der Waals surface area contributed by atoms with Gasteiger partial charge in [0.1, 0.15) is 0 Å². The molecule has 0 aliphatic rings. The minimum Gasteiger partial charge on any atom is -0.463 e. The lowest BCUT2D eigenvalue weighted by Crippen LogP contribution is -2.23. The molecule has 1 atom stereocenters. The van der Waals surface area contributed by atoms with E-state index in [2.05, 4.69) is 20.5 Å². The highest BCUT2D eigenvalue weighted by molar-refractivity contribution is 5.93. The molecule has 1 aromatic carbocycles. The van der Waals surface area contributed by atoms with Crippen molar-refractivity contribution in [1.29, 1.82) is 0 Å². The second-order valence-corrected chi connectivity index (χ2v) is 3.92. The van der Waals surface area contributed by atoms with E-state index < -0.39 is 6.10 Å². The summed E-state index contributed by atoms with van der Waals surface area (Å²) in [5.41, 5.74) is 0.761. The van der Waals surface area contributed by atoms with Crippen LogP contribution in [0.1, 0.15) is 18.6 Å². The maximum atomic E-state index is 12.1. The van der Waals surface area contributed by atoms with Gasteiger partial charge in [0.2, 0.25) is 5.95 Å². The molecule has 2 N–H and O–H groups in total. The van der Waals surface area contributed by atoms with E-state index in [0.29, 0.717) is 6.61 Å². The van der Waals surface area contributed by atoms with E-state index in [1.54, 1.807) is 0 Å². The van der Waals surface area contributed by atoms with Crippen LogP contribution < -0.4 is 10.1 Å². The van der Waals surface area contributed by atoms with Crippen LogP contribution >= 0.6 is 0 Å². The van der Waals surface area contributed by atoms with E-state index in [1.165, 1.54) is 7.11 Å². The topological polar surface area (TPSA) is 89.1 Å². The molecule has 1 unspecified atom stereocenters. The largest absolute Gasteiger partial charge is 0.463 e. The van der Waals surface area contributed by atoms with Gasteiger partial charge in [0.15, 0.2) is 6.10 Å². The Bertz CT molecular complexity index is 556. The zero-order valence-corrected chi connectivity index (χ0v) is 11.3. The molecule has 1 aromatic heterocycles. The molecule has 0 aliphatic heterocycles. The van der Waals surface area contributed by atoms with Gasteiger partial charge in [-0.1, -0.05) is 30.3 Å². The van der Waals surface area contributed by atoms with E-state index in [9.17, 15) is 4.79 Å². The lowest BCUT2D eigenvalue weighted by Gasteiger charge is -2.14. The molecule has 0 saturated heterocycles. The number of hydrogen-bond acceptors (Lipinski definition) is 5. The summed E-state index contributed by atoms with van der Waals surface area (Å²) < 4.78 is 10.3. The summed E-state index contributed by atoms with van der Waals surface area (Å²) in [5.74, 6) is -0.116. The first-order valence-corrected chi connectivity index (χ1v) is 6.18. The molecular formula is C13H16N4O3. The minimum absolute atomic E-state index is 0.191. The molecule has 106 valence electrons. The lowest BCUT2D eigenvalue weighted by molar-refractivity contribution is -0.126. The van der Waals surface area contributed by atoms with Gasteiger partial charge in [0.25, 0.3) is 5.91 Å². The van der Waals surface area contributed by atoms with Crippen molar-refractivity contribution in [2.24, 2.45) is 0 Å². The van der Waals surface area contributed by atoms with E-state index >= 15 is 0 Å². The Balaban J connectivity index is 2.05. The summed E-state index contributed by atoms with van der Waals surface area (Å²) in [7, 11) is 1.48. The van der Waals surface area contributed by atoms with E-state index in [4.69, 9.17) is 9.47 Å². The van der Waals surface area contributed by atoms with Crippen molar-refractivity contribution in [2.75, 3.05) is 19.0 Å². The summed E-state index contributed by atoms with van der Waals surface area (Å²) >= 11 is 0. The number of aromatic amines is 1. The third kappa shape index (κ3) is 3.33. The Morgan fingerprint density at radius 3 is 2.80 bits per heavy atom. The van der Waals surface area contributed by atoms with Crippen molar-refractivity contribution in [2.45, 2.75) is 13.0 Å². The van der Waals surface area contributed by atoms with Gasteiger partial charge in [-0.3, -0.25) is 10.1 Å². The molecule has 0 bridgehead atoms. The fourth-order valence-electron chi connectivity index (χ4n) is 1.70. The molecule has 0 spiro atoms. The number of nitrogens with zero attached hydrogens (tertiary/aromatic N) is 2. The summed E-state index contributed by atoms with van der Waals surface area (Å²) in [4.78, 5) is 16.1. The van der Waals surface area contributed by atoms with Crippen molar-refractivity contribution >= 4 is 11.9 Å². The van der Waals surface area contributed by atoms with Crippen LogP contribution in [0.3, 0.4) is 0 Å². The number of carbonyl (C=O) groups is 1. The van der Waals surface area contributed by atoms with Crippen LogP contribution in [0.15, 0.2) is 30.3 Å². The molecule has 1 heterocycles. The summed E-state index contributed by atoms with van der Waals surface area (Å²) in [6.45, 7) is 2.28. The number of benzene rings is 1. The Morgan fingerprint density at radius 1 is 1.40 bits per heavy atom. The predicted octanol–water partition coefficient (Wildman–Crippen LogP) is 1.53. The Kier molecular flexibility index (Phi) is 4.67. The van der Waals surface area contributed by atoms with Gasteiger partial charge >= 0.3 is 6.01 Å². The number of nitrogens with one attached hydrogen (secondary N) is 2. The first-order valence-electron chi connectivity index (χ1n) is 6.18. The van der Waals surface area contributed by atoms with Crippen LogP contribution in [0.25, 0.3) is 0 Å². The smallest absolute Gasteiger partial charge is 0.337 e. The standard InChI is InChI=1S/C13H16N4O3/c1-3-20-13-15-12(16-17-13)14-11(18)10(19-2)9-7-5-4-6-8-9/h4-8,10H,3H2,1-2H3,(H2,14,15,16,17,18). The number of anilines is 1. The zero-order chi connectivity index (χ0) is 14.4. The second kappa shape index (κ2) is 6.67. The number of H-pyrrole nitrogens is 1. The van der Waals surface area contributed by atoms with Crippen LogP contribution in [0, 0.1) is 0 Å². The molecule has 7 nitrogen and oxygen atoms in total. The van der Waals surface area contributed by atoms with E-state index in [-0.39, 0.29) is 17.9 Å². The molecule has 1 amide bonds. The fourth-order valence-corrected chi connectivity index (χ4v) is 1.70. The maximum Gasteiger partial charge on any atom is 0.337 e. The number of amides is 1. The van der Waals surface area contributed by atoms with Crippen molar-refractivity contribution in [1.82, 2.24) is 15.2 Å². The molecule has 0 radical (unpaired) electrons. The number of ether oxygens (including phenoxy) is 2. The minimum atomic E-state index is -0.711. The SMILES string of the molecule is CCOc1n[nH]c(NC(=O)C(OC)c2ccccc2)n1. The average molecular weight is 276 g/mol. The maximum absolute atomic E-state index is 12.1. The molecule has 0 fully saturated rings. The van der Waals surface area contributed by atoms with Crippen LogP contribution in [0.5, 0.6) is 6.01 Å². The van der Waals surface area contributed by atoms with Gasteiger partial charge in [0, 0.05) is 7.11 Å². The van der Waals surface area contributed by atoms with Crippen LogP contribution in [0.4, 0.5) is 5.95 Å². The fraction of sp³-hybridized carbons (Fsp3) is 0.308. The molecule has 2 rings (SSSR count). The number of methoxy groups -OCH3 is 1. The Labute approximate surface area is 116 Å². The molecular weight excluding hydrogens is 260 g/mol. The molecule has 20 heavy (non-hydrogen) atoms. The van der Waals surface area contributed by atoms with Gasteiger partial charge < -0.3 is 9.47 Å². The highest BCUT2D eigenvalue weighted by atomic mass is 16.5. The Hall–Kier alpha value is -2.41. The van der Waals surface area contributed by atoms with Gasteiger partial charge in [-0.2, -0.15) is 4.98 Å². The lowest BCUT2D eigenvalue weighted by atomic mass is 10.1. The number of aromatic nitrogens is 3. The predicted molar refractivity (Wildman–Crippen MR) is 72.4 cm³/mol. The van der Waals surface area contributed by atoms with Crippen LogP contribution in [-0.2, 0) is 9.53 Å². The third-order valence-electron chi connectivity index (χ3n) is 2.56. The molecule has 7 heteroatoms. The van der Waals surface area contributed by atoms with Crippen molar-refractivity contribution < 1.29 is 14.3 Å².